The van der Waals surface area contributed by atoms with Gasteiger partial charge in [0.2, 0.25) is 0 Å². The molecule has 2 aromatic carbocycles. The summed E-state index contributed by atoms with van der Waals surface area (Å²) in [4.78, 5) is 21.1. The Labute approximate surface area is 163 Å². The summed E-state index contributed by atoms with van der Waals surface area (Å²) in [5.74, 6) is -0.323. The number of para-hydroxylation sites is 1. The minimum absolute atomic E-state index is 0.323. The van der Waals surface area contributed by atoms with Crippen LogP contribution in [0, 0.1) is 0 Å². The normalized spacial score (nSPS) is 15.5. The largest absolute Gasteiger partial charge is 0.332 e. The van der Waals surface area contributed by atoms with Crippen molar-refractivity contribution in [2.75, 3.05) is 5.32 Å². The first-order valence-electron chi connectivity index (χ1n) is 7.68. The van der Waals surface area contributed by atoms with E-state index in [2.05, 4.69) is 15.3 Å². The second-order valence-electron chi connectivity index (χ2n) is 5.51. The number of fused-ring (bicyclic) bond motifs is 1. The zero-order valence-electron chi connectivity index (χ0n) is 13.2. The van der Waals surface area contributed by atoms with Gasteiger partial charge in [0.1, 0.15) is 0 Å². The number of hydrogen-bond donors (Lipinski definition) is 1. The standard InChI is InChI=1S/C19H11Cl2N3OS/c20-14-6-3-7-15(21)17(14)23-19-24-18(25)16(26-19)9-13-8-11-4-1-2-5-12(11)10-22-13/h1-10H,(H,23,24,25)/b16-9-. The zero-order chi connectivity index (χ0) is 18.1. The summed E-state index contributed by atoms with van der Waals surface area (Å²) in [5.41, 5.74) is 1.23. The number of benzene rings is 2. The molecule has 4 rings (SSSR count). The third kappa shape index (κ3) is 3.46. The lowest BCUT2D eigenvalue weighted by Crippen LogP contribution is -2.05. The highest BCUT2D eigenvalue weighted by Gasteiger charge is 2.23. The molecule has 4 nitrogen and oxygen atoms in total. The lowest BCUT2D eigenvalue weighted by Gasteiger charge is -2.08. The molecular weight excluding hydrogens is 389 g/mol. The second-order valence-corrected chi connectivity index (χ2v) is 7.36. The number of nitrogens with zero attached hydrogens (tertiary/aromatic N) is 2. The van der Waals surface area contributed by atoms with Crippen LogP contribution in [0.25, 0.3) is 16.8 Å². The molecule has 0 atom stereocenters. The van der Waals surface area contributed by atoms with Crippen molar-refractivity contribution in [1.29, 1.82) is 0 Å². The monoisotopic (exact) mass is 399 g/mol. The van der Waals surface area contributed by atoms with E-state index < -0.39 is 0 Å². The van der Waals surface area contributed by atoms with Crippen molar-refractivity contribution in [3.8, 4) is 0 Å². The van der Waals surface area contributed by atoms with Gasteiger partial charge < -0.3 is 5.32 Å². The summed E-state index contributed by atoms with van der Waals surface area (Å²) >= 11 is 13.5. The predicted octanol–water partition coefficient (Wildman–Crippen LogP) is 5.62. The van der Waals surface area contributed by atoms with E-state index in [1.54, 1.807) is 30.5 Å². The number of hydrogen-bond acceptors (Lipinski definition) is 4. The number of carbonyl (C=O) groups is 1. The smallest absolute Gasteiger partial charge is 0.286 e. The fraction of sp³-hybridized carbons (Fsp3) is 0. The van der Waals surface area contributed by atoms with Gasteiger partial charge in [-0.1, -0.05) is 53.5 Å². The van der Waals surface area contributed by atoms with Crippen molar-refractivity contribution >= 4 is 68.6 Å². The van der Waals surface area contributed by atoms with Crippen LogP contribution in [-0.2, 0) is 4.79 Å². The molecule has 0 saturated heterocycles. The summed E-state index contributed by atoms with van der Waals surface area (Å²) in [5, 5.41) is 6.48. The minimum atomic E-state index is -0.323. The van der Waals surface area contributed by atoms with Gasteiger partial charge in [0.15, 0.2) is 5.17 Å². The van der Waals surface area contributed by atoms with Crippen LogP contribution >= 0.6 is 35.0 Å². The van der Waals surface area contributed by atoms with E-state index in [0.717, 1.165) is 10.8 Å². The Morgan fingerprint density at radius 2 is 1.73 bits per heavy atom. The number of halogens is 2. The van der Waals surface area contributed by atoms with Crippen molar-refractivity contribution < 1.29 is 4.79 Å². The summed E-state index contributed by atoms with van der Waals surface area (Å²) in [7, 11) is 0. The van der Waals surface area contributed by atoms with Crippen molar-refractivity contribution in [1.82, 2.24) is 4.98 Å². The Hall–Kier alpha value is -2.34. The number of amides is 1. The molecule has 3 aromatic rings. The molecule has 7 heteroatoms. The second kappa shape index (κ2) is 7.11. The van der Waals surface area contributed by atoms with E-state index in [9.17, 15) is 4.79 Å². The Kier molecular flexibility index (Phi) is 4.68. The van der Waals surface area contributed by atoms with Crippen LogP contribution in [0.4, 0.5) is 5.69 Å². The molecule has 1 aliphatic heterocycles. The molecule has 1 aromatic heterocycles. The van der Waals surface area contributed by atoms with Crippen molar-refractivity contribution in [3.63, 3.8) is 0 Å². The number of aromatic nitrogens is 1. The van der Waals surface area contributed by atoms with Crippen LogP contribution in [0.5, 0.6) is 0 Å². The minimum Gasteiger partial charge on any atom is -0.332 e. The van der Waals surface area contributed by atoms with E-state index in [4.69, 9.17) is 23.2 Å². The van der Waals surface area contributed by atoms with E-state index in [1.807, 2.05) is 30.3 Å². The number of aliphatic imine (C=N–C) groups is 1. The molecule has 128 valence electrons. The molecular formula is C19H11Cl2N3OS. The van der Waals surface area contributed by atoms with E-state index in [1.165, 1.54) is 11.8 Å². The van der Waals surface area contributed by atoms with Crippen LogP contribution in [0.15, 0.2) is 64.6 Å². The van der Waals surface area contributed by atoms with Gasteiger partial charge in [-0.25, -0.2) is 0 Å². The van der Waals surface area contributed by atoms with Gasteiger partial charge in [0.05, 0.1) is 26.3 Å². The maximum Gasteiger partial charge on any atom is 0.286 e. The quantitative estimate of drug-likeness (QED) is 0.567. The van der Waals surface area contributed by atoms with Gasteiger partial charge in [0.25, 0.3) is 5.91 Å². The van der Waals surface area contributed by atoms with Crippen molar-refractivity contribution in [2.45, 2.75) is 0 Å². The SMILES string of the molecule is O=C1N=C(Nc2c(Cl)cccc2Cl)S/C1=C\c1cc2ccccc2cn1. The van der Waals surface area contributed by atoms with E-state index >= 15 is 0 Å². The molecule has 0 unspecified atom stereocenters. The molecule has 0 saturated carbocycles. The molecule has 0 aliphatic carbocycles. The summed E-state index contributed by atoms with van der Waals surface area (Å²) in [6.45, 7) is 0. The van der Waals surface area contributed by atoms with Crippen LogP contribution < -0.4 is 5.32 Å². The number of rotatable bonds is 2. The fourth-order valence-corrected chi connectivity index (χ4v) is 3.80. The first-order valence-corrected chi connectivity index (χ1v) is 9.26. The molecule has 1 aliphatic rings. The lowest BCUT2D eigenvalue weighted by atomic mass is 10.1. The molecule has 0 fully saturated rings. The summed E-state index contributed by atoms with van der Waals surface area (Å²) < 4.78 is 0. The molecule has 2 heterocycles. The molecule has 1 amide bonds. The Morgan fingerprint density at radius 3 is 2.50 bits per heavy atom. The zero-order valence-corrected chi connectivity index (χ0v) is 15.6. The molecule has 26 heavy (non-hydrogen) atoms. The van der Waals surface area contributed by atoms with E-state index in [0.29, 0.717) is 31.5 Å². The Balaban J connectivity index is 1.58. The molecule has 0 bridgehead atoms. The maximum absolute atomic E-state index is 12.2. The highest BCUT2D eigenvalue weighted by atomic mass is 35.5. The third-order valence-corrected chi connectivity index (χ3v) is 5.28. The van der Waals surface area contributed by atoms with Gasteiger partial charge in [-0.3, -0.25) is 9.78 Å². The molecule has 0 radical (unpaired) electrons. The van der Waals surface area contributed by atoms with Crippen molar-refractivity contribution in [2.24, 2.45) is 4.99 Å². The summed E-state index contributed by atoms with van der Waals surface area (Å²) in [6.07, 6.45) is 3.52. The van der Waals surface area contributed by atoms with Crippen LogP contribution in [0.2, 0.25) is 10.0 Å². The molecule has 1 N–H and O–H groups in total. The Bertz CT molecular complexity index is 1070. The number of carbonyl (C=O) groups excluding carboxylic acids is 1. The average Bonchev–Trinajstić information content (AvgIpc) is 2.97. The van der Waals surface area contributed by atoms with Crippen LogP contribution in [-0.4, -0.2) is 16.1 Å². The highest BCUT2D eigenvalue weighted by molar-refractivity contribution is 8.18. The van der Waals surface area contributed by atoms with E-state index in [-0.39, 0.29) is 5.91 Å². The van der Waals surface area contributed by atoms with Gasteiger partial charge in [-0.05, 0) is 41.4 Å². The average molecular weight is 400 g/mol. The van der Waals surface area contributed by atoms with Gasteiger partial charge in [0, 0.05) is 11.6 Å². The number of amidine groups is 1. The number of pyridine rings is 1. The van der Waals surface area contributed by atoms with Gasteiger partial charge in [-0.2, -0.15) is 4.99 Å². The third-order valence-electron chi connectivity index (χ3n) is 3.75. The van der Waals surface area contributed by atoms with Gasteiger partial charge >= 0.3 is 0 Å². The number of thioether (sulfide) groups is 1. The van der Waals surface area contributed by atoms with Crippen LogP contribution in [0.3, 0.4) is 0 Å². The van der Waals surface area contributed by atoms with Gasteiger partial charge in [-0.15, -0.1) is 0 Å². The van der Waals surface area contributed by atoms with Crippen molar-refractivity contribution in [3.05, 3.63) is 75.4 Å². The first-order chi connectivity index (χ1) is 12.6. The number of nitrogens with one attached hydrogen (secondary N) is 1. The molecule has 0 spiro atoms. The Morgan fingerprint density at radius 1 is 1.00 bits per heavy atom. The topological polar surface area (TPSA) is 54.4 Å². The summed E-state index contributed by atoms with van der Waals surface area (Å²) in [6, 6.07) is 15.0. The van der Waals surface area contributed by atoms with Crippen LogP contribution in [0.1, 0.15) is 5.69 Å². The lowest BCUT2D eigenvalue weighted by molar-refractivity contribution is -0.113. The predicted molar refractivity (Wildman–Crippen MR) is 110 cm³/mol. The highest BCUT2D eigenvalue weighted by Crippen LogP contribution is 2.34. The maximum atomic E-state index is 12.2. The fourth-order valence-electron chi connectivity index (χ4n) is 2.50. The number of anilines is 1. The first kappa shape index (κ1) is 17.1.